The zero-order chi connectivity index (χ0) is 20.5. The number of aryl methyl sites for hydroxylation is 1. The van der Waals surface area contributed by atoms with Crippen molar-refractivity contribution in [1.29, 1.82) is 0 Å². The highest BCUT2D eigenvalue weighted by Gasteiger charge is 2.17. The first kappa shape index (κ1) is 19.5. The van der Waals surface area contributed by atoms with E-state index in [-0.39, 0.29) is 15.7 Å². The molecule has 0 spiro atoms. The monoisotopic (exact) mass is 431 g/mol. The van der Waals surface area contributed by atoms with Gasteiger partial charge in [0, 0.05) is 29.4 Å². The van der Waals surface area contributed by atoms with Gasteiger partial charge in [0.2, 0.25) is 0 Å². The molecule has 4 rings (SSSR count). The largest absolute Gasteiger partial charge is 0.307 e. The fourth-order valence-corrected chi connectivity index (χ4v) is 4.68. The number of aromatic nitrogens is 3. The zero-order valence-corrected chi connectivity index (χ0v) is 16.9. The molecular weight excluding hydrogens is 416 g/mol. The second-order valence-electron chi connectivity index (χ2n) is 6.29. The summed E-state index contributed by atoms with van der Waals surface area (Å²) in [5.41, 5.74) is 0.838. The van der Waals surface area contributed by atoms with Crippen molar-refractivity contribution in [2.24, 2.45) is 0 Å². The highest BCUT2D eigenvalue weighted by molar-refractivity contribution is 7.99. The number of benzene rings is 2. The topological polar surface area (TPSA) is 56.9 Å². The van der Waals surface area contributed by atoms with E-state index in [1.807, 2.05) is 6.92 Å². The van der Waals surface area contributed by atoms with Crippen molar-refractivity contribution in [3.63, 3.8) is 0 Å². The minimum Gasteiger partial charge on any atom is -0.303 e. The Bertz CT molecular complexity index is 1330. The molecular formula is C20H15F2N3O2S2. The number of rotatable bonds is 5. The van der Waals surface area contributed by atoms with Gasteiger partial charge in [-0.2, -0.15) is 0 Å². The van der Waals surface area contributed by atoms with E-state index in [4.69, 9.17) is 0 Å². The first-order chi connectivity index (χ1) is 14.0. The molecule has 0 aliphatic carbocycles. The Morgan fingerprint density at radius 1 is 1.14 bits per heavy atom. The minimum atomic E-state index is -0.851. The van der Waals surface area contributed by atoms with Gasteiger partial charge in [-0.1, -0.05) is 35.2 Å². The van der Waals surface area contributed by atoms with Crippen LogP contribution in [0.3, 0.4) is 0 Å². The maximum absolute atomic E-state index is 14.5. The summed E-state index contributed by atoms with van der Waals surface area (Å²) in [7, 11) is 0. The third-order valence-electron chi connectivity index (χ3n) is 4.42. The van der Waals surface area contributed by atoms with Crippen LogP contribution in [0.25, 0.3) is 16.6 Å². The summed E-state index contributed by atoms with van der Waals surface area (Å²) in [4.78, 5) is 29.4. The maximum Gasteiger partial charge on any atom is 0.307 e. The van der Waals surface area contributed by atoms with E-state index >= 15 is 0 Å². The number of nitrogens with zero attached hydrogens (tertiary/aromatic N) is 3. The quantitative estimate of drug-likeness (QED) is 0.354. The standard InChI is InChI=1S/C20H15F2N3O2S2/c1-12-11-29-20(27)24(12)8-9-28-19-23-16-5-3-2-4-14(16)18(26)25(19)17-7-6-13(21)10-15(17)22/h2-7,10-11H,8-9H2,1H3. The summed E-state index contributed by atoms with van der Waals surface area (Å²) < 4.78 is 30.6. The van der Waals surface area contributed by atoms with E-state index < -0.39 is 17.2 Å². The summed E-state index contributed by atoms with van der Waals surface area (Å²) in [6.07, 6.45) is 0. The van der Waals surface area contributed by atoms with Crippen LogP contribution in [0.2, 0.25) is 0 Å². The summed E-state index contributed by atoms with van der Waals surface area (Å²) in [5.74, 6) is -1.13. The number of hydrogen-bond acceptors (Lipinski definition) is 5. The lowest BCUT2D eigenvalue weighted by Gasteiger charge is -2.14. The lowest BCUT2D eigenvalue weighted by molar-refractivity contribution is 0.572. The second kappa shape index (κ2) is 7.92. The average molecular weight is 431 g/mol. The highest BCUT2D eigenvalue weighted by Crippen LogP contribution is 2.23. The number of halogens is 2. The first-order valence-corrected chi connectivity index (χ1v) is 10.6. The molecule has 9 heteroatoms. The lowest BCUT2D eigenvalue weighted by Crippen LogP contribution is -2.23. The van der Waals surface area contributed by atoms with Crippen LogP contribution in [0.15, 0.2) is 62.6 Å². The van der Waals surface area contributed by atoms with Crippen molar-refractivity contribution >= 4 is 34.0 Å². The molecule has 0 N–H and O–H groups in total. The molecule has 0 amide bonds. The molecule has 4 aromatic rings. The number of para-hydroxylation sites is 1. The van der Waals surface area contributed by atoms with Crippen LogP contribution >= 0.6 is 23.1 Å². The van der Waals surface area contributed by atoms with Gasteiger partial charge in [-0.05, 0) is 31.2 Å². The van der Waals surface area contributed by atoms with Gasteiger partial charge in [0.05, 0.1) is 16.6 Å². The van der Waals surface area contributed by atoms with Crippen LogP contribution in [0.5, 0.6) is 0 Å². The lowest BCUT2D eigenvalue weighted by atomic mass is 10.2. The molecule has 0 saturated heterocycles. The number of hydrogen-bond donors (Lipinski definition) is 0. The minimum absolute atomic E-state index is 0.0588. The molecule has 5 nitrogen and oxygen atoms in total. The summed E-state index contributed by atoms with van der Waals surface area (Å²) in [6, 6.07) is 9.85. The number of fused-ring (bicyclic) bond motifs is 1. The molecule has 0 aliphatic rings. The van der Waals surface area contributed by atoms with E-state index in [1.165, 1.54) is 17.8 Å². The molecule has 0 atom stereocenters. The van der Waals surface area contributed by atoms with Crippen molar-refractivity contribution in [1.82, 2.24) is 14.1 Å². The van der Waals surface area contributed by atoms with Crippen LogP contribution in [-0.2, 0) is 6.54 Å². The Balaban J connectivity index is 1.79. The van der Waals surface area contributed by atoms with Gasteiger partial charge in [-0.3, -0.25) is 14.2 Å². The molecule has 148 valence electrons. The Labute approximate surface area is 172 Å². The van der Waals surface area contributed by atoms with Crippen molar-refractivity contribution in [3.05, 3.63) is 85.2 Å². The van der Waals surface area contributed by atoms with E-state index in [0.29, 0.717) is 23.2 Å². The van der Waals surface area contributed by atoms with E-state index in [0.717, 1.165) is 33.7 Å². The Hall–Kier alpha value is -2.78. The number of thiazole rings is 1. The third-order valence-corrected chi connectivity index (χ3v) is 6.22. The molecule has 0 unspecified atom stereocenters. The normalized spacial score (nSPS) is 11.3. The average Bonchev–Trinajstić information content (AvgIpc) is 3.01. The van der Waals surface area contributed by atoms with Gasteiger partial charge in [-0.25, -0.2) is 13.8 Å². The van der Waals surface area contributed by atoms with Crippen LogP contribution < -0.4 is 10.4 Å². The third kappa shape index (κ3) is 3.75. The molecule has 0 fully saturated rings. The number of thioether (sulfide) groups is 1. The predicted molar refractivity (Wildman–Crippen MR) is 111 cm³/mol. The van der Waals surface area contributed by atoms with Gasteiger partial charge in [-0.15, -0.1) is 0 Å². The van der Waals surface area contributed by atoms with Crippen molar-refractivity contribution in [2.45, 2.75) is 18.6 Å². The molecule has 2 aromatic carbocycles. The smallest absolute Gasteiger partial charge is 0.303 e. The summed E-state index contributed by atoms with van der Waals surface area (Å²) >= 11 is 2.36. The van der Waals surface area contributed by atoms with Gasteiger partial charge in [0.25, 0.3) is 5.56 Å². The zero-order valence-electron chi connectivity index (χ0n) is 15.3. The molecule has 2 aromatic heterocycles. The van der Waals surface area contributed by atoms with Crippen LogP contribution in [-0.4, -0.2) is 19.9 Å². The predicted octanol–water partition coefficient (Wildman–Crippen LogP) is 3.99. The highest BCUT2D eigenvalue weighted by atomic mass is 32.2. The maximum atomic E-state index is 14.5. The fraction of sp³-hybridized carbons (Fsp3) is 0.150. The van der Waals surface area contributed by atoms with Crippen molar-refractivity contribution < 1.29 is 8.78 Å². The summed E-state index contributed by atoms with van der Waals surface area (Å²) in [5, 5.41) is 2.40. The molecule has 2 heterocycles. The molecule has 0 radical (unpaired) electrons. The Kier molecular flexibility index (Phi) is 5.33. The van der Waals surface area contributed by atoms with Crippen molar-refractivity contribution in [2.75, 3.05) is 5.75 Å². The molecule has 0 bridgehead atoms. The van der Waals surface area contributed by atoms with Gasteiger partial charge in [0.15, 0.2) is 5.16 Å². The SMILES string of the molecule is Cc1csc(=O)n1CCSc1nc2ccccc2c(=O)n1-c1ccc(F)cc1F. The van der Waals surface area contributed by atoms with Gasteiger partial charge in [0.1, 0.15) is 11.6 Å². The Morgan fingerprint density at radius 2 is 1.93 bits per heavy atom. The van der Waals surface area contributed by atoms with Crippen molar-refractivity contribution in [3.8, 4) is 5.69 Å². The van der Waals surface area contributed by atoms with Crippen LogP contribution in [0.1, 0.15) is 5.69 Å². The first-order valence-electron chi connectivity index (χ1n) is 8.70. The van der Waals surface area contributed by atoms with E-state index in [1.54, 1.807) is 34.2 Å². The van der Waals surface area contributed by atoms with Crippen LogP contribution in [0.4, 0.5) is 8.78 Å². The Morgan fingerprint density at radius 3 is 2.66 bits per heavy atom. The van der Waals surface area contributed by atoms with E-state index in [2.05, 4.69) is 4.98 Å². The van der Waals surface area contributed by atoms with Crippen LogP contribution in [0, 0.1) is 18.6 Å². The van der Waals surface area contributed by atoms with Gasteiger partial charge < -0.3 is 4.57 Å². The molecule has 0 saturated carbocycles. The van der Waals surface area contributed by atoms with Gasteiger partial charge >= 0.3 is 4.87 Å². The molecule has 29 heavy (non-hydrogen) atoms. The van der Waals surface area contributed by atoms with E-state index in [9.17, 15) is 18.4 Å². The fourth-order valence-electron chi connectivity index (χ4n) is 2.99. The summed E-state index contributed by atoms with van der Waals surface area (Å²) in [6.45, 7) is 2.27. The second-order valence-corrected chi connectivity index (χ2v) is 8.17. The molecule has 0 aliphatic heterocycles.